The fourth-order valence-electron chi connectivity index (χ4n) is 2.94. The number of hydrogen-bond donors (Lipinski definition) is 2. The molecule has 0 aliphatic carbocycles. The summed E-state index contributed by atoms with van der Waals surface area (Å²) in [6.45, 7) is 3.13. The zero-order chi connectivity index (χ0) is 16.8. The zero-order valence-corrected chi connectivity index (χ0v) is 13.4. The van der Waals surface area contributed by atoms with Crippen LogP contribution in [0.1, 0.15) is 47.7 Å². The van der Waals surface area contributed by atoms with E-state index in [0.29, 0.717) is 25.9 Å². The van der Waals surface area contributed by atoms with Gasteiger partial charge in [-0.1, -0.05) is 12.1 Å². The molecule has 23 heavy (non-hydrogen) atoms. The quantitative estimate of drug-likeness (QED) is 0.699. The molecule has 0 saturated carbocycles. The largest absolute Gasteiger partial charge is 0.332 e. The van der Waals surface area contributed by atoms with Crippen molar-refractivity contribution in [2.45, 2.75) is 45.2 Å². The van der Waals surface area contributed by atoms with Crippen molar-refractivity contribution in [2.24, 2.45) is 5.73 Å². The van der Waals surface area contributed by atoms with E-state index in [1.807, 2.05) is 25.1 Å². The number of nitrogens with one attached hydrogen (secondary N) is 1. The predicted octanol–water partition coefficient (Wildman–Crippen LogP) is 0.975. The lowest BCUT2D eigenvalue weighted by Gasteiger charge is -2.24. The van der Waals surface area contributed by atoms with E-state index in [0.717, 1.165) is 24.0 Å². The highest BCUT2D eigenvalue weighted by Crippen LogP contribution is 2.29. The van der Waals surface area contributed by atoms with Crippen LogP contribution in [0.2, 0.25) is 0 Å². The van der Waals surface area contributed by atoms with Gasteiger partial charge in [-0.05, 0) is 49.9 Å². The fraction of sp³-hybridized carbons (Fsp3) is 0.471. The van der Waals surface area contributed by atoms with E-state index in [1.54, 1.807) is 4.90 Å². The van der Waals surface area contributed by atoms with Crippen LogP contribution in [0.4, 0.5) is 0 Å². The topological polar surface area (TPSA) is 92.5 Å². The van der Waals surface area contributed by atoms with E-state index < -0.39 is 0 Å². The standard InChI is InChI=1S/C17H23N3O3/c1-12(7-8-16(22)19-11-21)20-10-15-13(5-3-9-18)4-2-6-14(15)17(20)23/h2,4,6,11-12H,3,5,7-10,18H2,1H3,(H,19,21,22). The first-order valence-electron chi connectivity index (χ1n) is 7.93. The lowest BCUT2D eigenvalue weighted by atomic mass is 9.99. The van der Waals surface area contributed by atoms with Gasteiger partial charge in [-0.2, -0.15) is 0 Å². The molecule has 0 radical (unpaired) electrons. The molecule has 1 heterocycles. The van der Waals surface area contributed by atoms with Gasteiger partial charge in [0, 0.05) is 24.6 Å². The van der Waals surface area contributed by atoms with Crippen LogP contribution in [0.5, 0.6) is 0 Å². The summed E-state index contributed by atoms with van der Waals surface area (Å²) in [5.41, 5.74) is 8.58. The first kappa shape index (κ1) is 17.1. The SMILES string of the molecule is CC(CCC(=O)NC=O)N1Cc2c(CCCN)cccc2C1=O. The molecule has 0 aromatic heterocycles. The summed E-state index contributed by atoms with van der Waals surface area (Å²) in [6.07, 6.45) is 2.90. The second kappa shape index (κ2) is 7.87. The Balaban J connectivity index is 2.05. The van der Waals surface area contributed by atoms with Crippen molar-refractivity contribution in [3.8, 4) is 0 Å². The van der Waals surface area contributed by atoms with Crippen LogP contribution in [-0.2, 0) is 22.6 Å². The number of hydrogen-bond acceptors (Lipinski definition) is 4. The van der Waals surface area contributed by atoms with E-state index in [2.05, 4.69) is 5.32 Å². The Labute approximate surface area is 136 Å². The van der Waals surface area contributed by atoms with Gasteiger partial charge in [-0.25, -0.2) is 0 Å². The van der Waals surface area contributed by atoms with E-state index in [4.69, 9.17) is 5.73 Å². The van der Waals surface area contributed by atoms with Crippen LogP contribution in [0, 0.1) is 0 Å². The maximum Gasteiger partial charge on any atom is 0.254 e. The average Bonchev–Trinajstić information content (AvgIpc) is 2.89. The molecule has 2 rings (SSSR count). The van der Waals surface area contributed by atoms with Crippen molar-refractivity contribution in [2.75, 3.05) is 6.54 Å². The molecule has 0 saturated heterocycles. The molecule has 1 aromatic rings. The van der Waals surface area contributed by atoms with Crippen LogP contribution in [0.15, 0.2) is 18.2 Å². The minimum absolute atomic E-state index is 0.0119. The summed E-state index contributed by atoms with van der Waals surface area (Å²) >= 11 is 0. The lowest BCUT2D eigenvalue weighted by Crippen LogP contribution is -2.34. The number of nitrogens with zero attached hydrogens (tertiary/aromatic N) is 1. The third-order valence-electron chi connectivity index (χ3n) is 4.28. The summed E-state index contributed by atoms with van der Waals surface area (Å²) in [7, 11) is 0. The van der Waals surface area contributed by atoms with Gasteiger partial charge in [0.2, 0.25) is 12.3 Å². The number of fused-ring (bicyclic) bond motifs is 1. The molecule has 1 aliphatic heterocycles. The van der Waals surface area contributed by atoms with Crippen LogP contribution >= 0.6 is 0 Å². The van der Waals surface area contributed by atoms with Crippen molar-refractivity contribution in [3.05, 3.63) is 34.9 Å². The van der Waals surface area contributed by atoms with Gasteiger partial charge < -0.3 is 10.6 Å². The molecule has 124 valence electrons. The number of carbonyl (C=O) groups is 3. The maximum absolute atomic E-state index is 12.6. The van der Waals surface area contributed by atoms with Crippen LogP contribution < -0.4 is 11.1 Å². The highest BCUT2D eigenvalue weighted by Gasteiger charge is 2.32. The number of benzene rings is 1. The van der Waals surface area contributed by atoms with E-state index in [9.17, 15) is 14.4 Å². The second-order valence-corrected chi connectivity index (χ2v) is 5.84. The van der Waals surface area contributed by atoms with Gasteiger partial charge >= 0.3 is 0 Å². The number of nitrogens with two attached hydrogens (primary N) is 1. The van der Waals surface area contributed by atoms with Crippen molar-refractivity contribution >= 4 is 18.2 Å². The molecule has 1 atom stereocenters. The Hall–Kier alpha value is -2.21. The molecular weight excluding hydrogens is 294 g/mol. The van der Waals surface area contributed by atoms with Crippen molar-refractivity contribution in [3.63, 3.8) is 0 Å². The van der Waals surface area contributed by atoms with Crippen molar-refractivity contribution < 1.29 is 14.4 Å². The molecule has 0 spiro atoms. The molecular formula is C17H23N3O3. The Morgan fingerprint density at radius 3 is 2.96 bits per heavy atom. The fourth-order valence-corrected chi connectivity index (χ4v) is 2.94. The summed E-state index contributed by atoms with van der Waals surface area (Å²) in [4.78, 5) is 36.0. The van der Waals surface area contributed by atoms with E-state index in [-0.39, 0.29) is 24.3 Å². The van der Waals surface area contributed by atoms with Crippen LogP contribution in [0.25, 0.3) is 0 Å². The third kappa shape index (κ3) is 3.96. The summed E-state index contributed by atoms with van der Waals surface area (Å²) in [5, 5.41) is 2.12. The first-order chi connectivity index (χ1) is 11.1. The van der Waals surface area contributed by atoms with Crippen molar-refractivity contribution in [1.29, 1.82) is 0 Å². The van der Waals surface area contributed by atoms with Gasteiger partial charge in [-0.3, -0.25) is 19.7 Å². The maximum atomic E-state index is 12.6. The van der Waals surface area contributed by atoms with Gasteiger partial charge in [0.05, 0.1) is 0 Å². The molecule has 0 bridgehead atoms. The second-order valence-electron chi connectivity index (χ2n) is 5.84. The molecule has 3 amide bonds. The van der Waals surface area contributed by atoms with E-state index >= 15 is 0 Å². The third-order valence-corrected chi connectivity index (χ3v) is 4.28. The molecule has 1 unspecified atom stereocenters. The highest BCUT2D eigenvalue weighted by atomic mass is 16.2. The number of carbonyl (C=O) groups excluding carboxylic acids is 3. The van der Waals surface area contributed by atoms with Gasteiger partial charge in [0.25, 0.3) is 5.91 Å². The Morgan fingerprint density at radius 2 is 2.26 bits per heavy atom. The van der Waals surface area contributed by atoms with Gasteiger partial charge in [0.1, 0.15) is 0 Å². The van der Waals surface area contributed by atoms with Gasteiger partial charge in [0.15, 0.2) is 0 Å². The normalized spacial score (nSPS) is 14.5. The molecule has 0 fully saturated rings. The number of rotatable bonds is 8. The van der Waals surface area contributed by atoms with E-state index in [1.165, 1.54) is 5.56 Å². The van der Waals surface area contributed by atoms with Crippen LogP contribution in [0.3, 0.4) is 0 Å². The van der Waals surface area contributed by atoms with Crippen LogP contribution in [-0.4, -0.2) is 35.7 Å². The molecule has 3 N–H and O–H groups in total. The predicted molar refractivity (Wildman–Crippen MR) is 86.6 cm³/mol. The molecule has 6 heteroatoms. The smallest absolute Gasteiger partial charge is 0.254 e. The number of imide groups is 1. The Bertz CT molecular complexity index is 601. The van der Waals surface area contributed by atoms with Crippen molar-refractivity contribution in [1.82, 2.24) is 10.2 Å². The first-order valence-corrected chi connectivity index (χ1v) is 7.93. The summed E-state index contributed by atoms with van der Waals surface area (Å²) in [6, 6.07) is 5.76. The monoisotopic (exact) mass is 317 g/mol. The Morgan fingerprint density at radius 1 is 1.48 bits per heavy atom. The highest BCUT2D eigenvalue weighted by molar-refractivity contribution is 5.99. The zero-order valence-electron chi connectivity index (χ0n) is 13.4. The average molecular weight is 317 g/mol. The lowest BCUT2D eigenvalue weighted by molar-refractivity contribution is -0.125. The summed E-state index contributed by atoms with van der Waals surface area (Å²) in [5.74, 6) is -0.308. The molecule has 1 aliphatic rings. The summed E-state index contributed by atoms with van der Waals surface area (Å²) < 4.78 is 0. The minimum Gasteiger partial charge on any atom is -0.332 e. The minimum atomic E-state index is -0.320. The molecule has 1 aromatic carbocycles. The van der Waals surface area contributed by atoms with Gasteiger partial charge in [-0.15, -0.1) is 0 Å². The Kier molecular flexibility index (Phi) is 5.87. The number of aryl methyl sites for hydroxylation is 1. The molecule has 6 nitrogen and oxygen atoms in total. The number of amides is 3.